The molecule has 0 unspecified atom stereocenters. The van der Waals surface area contributed by atoms with Gasteiger partial charge in [0.25, 0.3) is 0 Å². The molecule has 7 nitrogen and oxygen atoms in total. The Bertz CT molecular complexity index is 808. The number of aromatic nitrogens is 4. The molecule has 0 saturated heterocycles. The van der Waals surface area contributed by atoms with Gasteiger partial charge in [-0.05, 0) is 60.4 Å². The first-order valence-corrected chi connectivity index (χ1v) is 9.24. The van der Waals surface area contributed by atoms with Crippen molar-refractivity contribution in [2.75, 3.05) is 17.2 Å². The highest BCUT2D eigenvalue weighted by Gasteiger charge is 2.28. The second-order valence-corrected chi connectivity index (χ2v) is 7.09. The summed E-state index contributed by atoms with van der Waals surface area (Å²) >= 11 is 1.35. The second kappa shape index (κ2) is 7.66. The smallest absolute Gasteiger partial charge is 0.237 e. The van der Waals surface area contributed by atoms with Crippen molar-refractivity contribution in [2.45, 2.75) is 44.3 Å². The predicted octanol–water partition coefficient (Wildman–Crippen LogP) is 2.66. The van der Waals surface area contributed by atoms with Crippen LogP contribution >= 0.6 is 11.8 Å². The van der Waals surface area contributed by atoms with Crippen LogP contribution in [0.2, 0.25) is 0 Å². The van der Waals surface area contributed by atoms with Gasteiger partial charge in [-0.2, -0.15) is 5.26 Å². The van der Waals surface area contributed by atoms with Gasteiger partial charge >= 0.3 is 0 Å². The van der Waals surface area contributed by atoms with Crippen molar-refractivity contribution in [2.24, 2.45) is 0 Å². The Kier molecular flexibility index (Phi) is 5.34. The minimum atomic E-state index is -0.0474. The topological polar surface area (TPSA) is 87.7 Å². The van der Waals surface area contributed by atoms with Gasteiger partial charge in [0.15, 0.2) is 0 Å². The Morgan fingerprint density at radius 2 is 2.20 bits per heavy atom. The Labute approximate surface area is 151 Å². The summed E-state index contributed by atoms with van der Waals surface area (Å²) in [5.41, 5.74) is 3.12. The zero-order valence-corrected chi connectivity index (χ0v) is 15.2. The van der Waals surface area contributed by atoms with Crippen LogP contribution < -0.4 is 4.90 Å². The number of carbonyl (C=O) groups is 1. The molecule has 0 spiro atoms. The van der Waals surface area contributed by atoms with Crippen molar-refractivity contribution >= 4 is 23.4 Å². The zero-order valence-electron chi connectivity index (χ0n) is 14.3. The van der Waals surface area contributed by atoms with Crippen molar-refractivity contribution in [3.63, 3.8) is 0 Å². The van der Waals surface area contributed by atoms with Gasteiger partial charge in [0, 0.05) is 12.2 Å². The summed E-state index contributed by atoms with van der Waals surface area (Å²) in [7, 11) is 0. The number of thioether (sulfide) groups is 1. The molecule has 130 valence electrons. The van der Waals surface area contributed by atoms with E-state index in [0.29, 0.717) is 24.2 Å². The second-order valence-electron chi connectivity index (χ2n) is 6.15. The van der Waals surface area contributed by atoms with Crippen LogP contribution in [-0.4, -0.2) is 38.4 Å². The number of rotatable bonds is 7. The Hall–Kier alpha value is -2.40. The molecule has 1 aromatic heterocycles. The van der Waals surface area contributed by atoms with Gasteiger partial charge < -0.3 is 4.90 Å². The fraction of sp³-hybridized carbons (Fsp3) is 0.471. The van der Waals surface area contributed by atoms with Crippen LogP contribution in [0.4, 0.5) is 5.69 Å². The van der Waals surface area contributed by atoms with Crippen molar-refractivity contribution in [3.05, 3.63) is 29.3 Å². The van der Waals surface area contributed by atoms with E-state index in [9.17, 15) is 4.79 Å². The first-order valence-electron chi connectivity index (χ1n) is 8.25. The molecule has 0 aliphatic heterocycles. The summed E-state index contributed by atoms with van der Waals surface area (Å²) in [5, 5.41) is 21.3. The van der Waals surface area contributed by atoms with Crippen molar-refractivity contribution < 1.29 is 4.79 Å². The largest absolute Gasteiger partial charge is 0.311 e. The van der Waals surface area contributed by atoms with E-state index in [0.717, 1.165) is 24.1 Å². The molecule has 1 aliphatic rings. The molecule has 2 aromatic rings. The lowest BCUT2D eigenvalue weighted by atomic mass is 10.1. The van der Waals surface area contributed by atoms with Crippen molar-refractivity contribution in [1.29, 1.82) is 5.26 Å². The van der Waals surface area contributed by atoms with E-state index >= 15 is 0 Å². The SMILES string of the molecule is Cc1ccc(N(CCC#N)C(=O)CSc2nnnn2C2CC2)cc1C. The molecule has 0 N–H and O–H groups in total. The Balaban J connectivity index is 1.71. The standard InChI is InChI=1S/C17H20N6OS/c1-12-4-5-15(10-13(12)2)22(9-3-8-18)16(24)11-25-17-19-20-21-23(17)14-6-7-14/h4-5,10,14H,3,6-7,9,11H2,1-2H3. The van der Waals surface area contributed by atoms with Crippen molar-refractivity contribution in [3.8, 4) is 6.07 Å². The van der Waals surface area contributed by atoms with E-state index in [-0.39, 0.29) is 11.7 Å². The van der Waals surface area contributed by atoms with E-state index in [1.54, 1.807) is 9.58 Å². The summed E-state index contributed by atoms with van der Waals surface area (Å²) in [4.78, 5) is 14.4. The number of hydrogen-bond acceptors (Lipinski definition) is 6. The third kappa shape index (κ3) is 4.17. The number of carbonyl (C=O) groups excluding carboxylic acids is 1. The normalized spacial score (nSPS) is 13.5. The number of tetrazole rings is 1. The van der Waals surface area contributed by atoms with Gasteiger partial charge in [0.05, 0.1) is 24.3 Å². The number of amides is 1. The molecule has 0 atom stereocenters. The molecule has 1 heterocycles. The van der Waals surface area contributed by atoms with E-state index in [2.05, 4.69) is 21.6 Å². The van der Waals surface area contributed by atoms with Gasteiger partial charge in [0.2, 0.25) is 11.1 Å². The molecule has 1 aliphatic carbocycles. The molecular weight excluding hydrogens is 336 g/mol. The van der Waals surface area contributed by atoms with Crippen LogP contribution in [0.1, 0.15) is 36.4 Å². The maximum absolute atomic E-state index is 12.8. The maximum Gasteiger partial charge on any atom is 0.237 e. The number of nitriles is 1. The summed E-state index contributed by atoms with van der Waals surface area (Å²) in [6.07, 6.45) is 2.47. The lowest BCUT2D eigenvalue weighted by Crippen LogP contribution is -2.33. The number of hydrogen-bond donors (Lipinski definition) is 0. The van der Waals surface area contributed by atoms with Crippen LogP contribution in [-0.2, 0) is 4.79 Å². The number of benzene rings is 1. The van der Waals surface area contributed by atoms with E-state index in [1.807, 2.05) is 32.0 Å². The Morgan fingerprint density at radius 3 is 2.88 bits per heavy atom. The third-order valence-corrected chi connectivity index (χ3v) is 5.15. The highest BCUT2D eigenvalue weighted by atomic mass is 32.2. The molecule has 8 heteroatoms. The monoisotopic (exact) mass is 356 g/mol. The van der Waals surface area contributed by atoms with Crippen molar-refractivity contribution in [1.82, 2.24) is 20.2 Å². The Morgan fingerprint density at radius 1 is 1.40 bits per heavy atom. The van der Waals surface area contributed by atoms with Gasteiger partial charge in [0.1, 0.15) is 0 Å². The number of anilines is 1. The van der Waals surface area contributed by atoms with Crippen LogP contribution in [0, 0.1) is 25.2 Å². The number of nitrogens with zero attached hydrogens (tertiary/aromatic N) is 6. The zero-order chi connectivity index (χ0) is 17.8. The quantitative estimate of drug-likeness (QED) is 0.709. The van der Waals surface area contributed by atoms with Crippen LogP contribution in [0.25, 0.3) is 0 Å². The lowest BCUT2D eigenvalue weighted by molar-refractivity contribution is -0.116. The molecule has 1 aromatic carbocycles. The average Bonchev–Trinajstić information content (AvgIpc) is 3.34. The molecule has 1 amide bonds. The molecular formula is C17H20N6OS. The van der Waals surface area contributed by atoms with Crippen LogP contribution in [0.5, 0.6) is 0 Å². The molecule has 0 radical (unpaired) electrons. The average molecular weight is 356 g/mol. The first kappa shape index (κ1) is 17.4. The minimum absolute atomic E-state index is 0.0474. The number of aryl methyl sites for hydroxylation is 2. The third-order valence-electron chi connectivity index (χ3n) is 4.23. The van der Waals surface area contributed by atoms with E-state index in [1.165, 1.54) is 17.3 Å². The first-order chi connectivity index (χ1) is 12.1. The van der Waals surface area contributed by atoms with Crippen LogP contribution in [0.15, 0.2) is 23.4 Å². The van der Waals surface area contributed by atoms with Crippen LogP contribution in [0.3, 0.4) is 0 Å². The summed E-state index contributed by atoms with van der Waals surface area (Å²) < 4.78 is 1.80. The van der Waals surface area contributed by atoms with Gasteiger partial charge in [-0.1, -0.05) is 17.8 Å². The predicted molar refractivity (Wildman–Crippen MR) is 95.3 cm³/mol. The molecule has 3 rings (SSSR count). The summed E-state index contributed by atoms with van der Waals surface area (Å²) in [6.45, 7) is 4.43. The fourth-order valence-corrected chi connectivity index (χ4v) is 3.31. The molecule has 1 saturated carbocycles. The highest BCUT2D eigenvalue weighted by molar-refractivity contribution is 7.99. The highest BCUT2D eigenvalue weighted by Crippen LogP contribution is 2.36. The lowest BCUT2D eigenvalue weighted by Gasteiger charge is -2.22. The fourth-order valence-electron chi connectivity index (χ4n) is 2.49. The summed E-state index contributed by atoms with van der Waals surface area (Å²) in [6, 6.07) is 8.41. The molecule has 0 bridgehead atoms. The van der Waals surface area contributed by atoms with Gasteiger partial charge in [-0.25, -0.2) is 4.68 Å². The maximum atomic E-state index is 12.8. The van der Waals surface area contributed by atoms with E-state index in [4.69, 9.17) is 5.26 Å². The molecule has 25 heavy (non-hydrogen) atoms. The molecule has 1 fully saturated rings. The van der Waals surface area contributed by atoms with Gasteiger partial charge in [-0.3, -0.25) is 4.79 Å². The van der Waals surface area contributed by atoms with Gasteiger partial charge in [-0.15, -0.1) is 5.10 Å². The summed E-state index contributed by atoms with van der Waals surface area (Å²) in [5.74, 6) is 0.194. The minimum Gasteiger partial charge on any atom is -0.311 e. The van der Waals surface area contributed by atoms with E-state index < -0.39 is 0 Å².